The Bertz CT molecular complexity index is 1100. The van der Waals surface area contributed by atoms with E-state index in [1.807, 2.05) is 80.7 Å². The normalized spacial score (nSPS) is 14.0. The van der Waals surface area contributed by atoms with Crippen LogP contribution >= 0.6 is 15.9 Å². The zero-order valence-corrected chi connectivity index (χ0v) is 17.7. The van der Waals surface area contributed by atoms with E-state index in [-0.39, 0.29) is 11.8 Å². The number of hydrogen-bond donors (Lipinski definition) is 0. The van der Waals surface area contributed by atoms with Gasteiger partial charge in [-0.1, -0.05) is 64.0 Å². The second-order valence-corrected chi connectivity index (χ2v) is 7.82. The number of imide groups is 1. The molecule has 2 amide bonds. The van der Waals surface area contributed by atoms with Gasteiger partial charge in [0.2, 0.25) is 0 Å². The molecule has 4 rings (SSSR count). The lowest BCUT2D eigenvalue weighted by Crippen LogP contribution is -2.34. The number of rotatable bonds is 4. The van der Waals surface area contributed by atoms with E-state index in [4.69, 9.17) is 0 Å². The number of halogens is 1. The summed E-state index contributed by atoms with van der Waals surface area (Å²) in [6, 6.07) is 24.4. The van der Waals surface area contributed by atoms with Gasteiger partial charge in [0.1, 0.15) is 5.70 Å². The second-order valence-electron chi connectivity index (χ2n) is 6.91. The molecule has 3 aromatic carbocycles. The first-order valence-electron chi connectivity index (χ1n) is 9.22. The Morgan fingerprint density at radius 2 is 1.41 bits per heavy atom. The predicted octanol–water partition coefficient (Wildman–Crippen LogP) is 5.18. The number of nitrogens with zero attached hydrogens (tertiary/aromatic N) is 2. The van der Waals surface area contributed by atoms with Crippen molar-refractivity contribution in [3.8, 4) is 0 Å². The van der Waals surface area contributed by atoms with Gasteiger partial charge in [-0.05, 0) is 48.9 Å². The quantitative estimate of drug-likeness (QED) is 0.518. The molecule has 0 atom stereocenters. The van der Waals surface area contributed by atoms with Crippen molar-refractivity contribution in [1.29, 1.82) is 0 Å². The minimum atomic E-state index is -0.334. The Labute approximate surface area is 178 Å². The fourth-order valence-electron chi connectivity index (χ4n) is 3.42. The molecule has 5 heteroatoms. The highest BCUT2D eigenvalue weighted by molar-refractivity contribution is 9.10. The molecular weight excluding hydrogens is 428 g/mol. The van der Waals surface area contributed by atoms with E-state index in [0.29, 0.717) is 17.0 Å². The molecule has 0 saturated carbocycles. The zero-order valence-electron chi connectivity index (χ0n) is 16.1. The minimum Gasteiger partial charge on any atom is -0.339 e. The maximum Gasteiger partial charge on any atom is 0.282 e. The summed E-state index contributed by atoms with van der Waals surface area (Å²) >= 11 is 3.40. The van der Waals surface area contributed by atoms with Crippen molar-refractivity contribution < 1.29 is 9.59 Å². The lowest BCUT2D eigenvalue weighted by Gasteiger charge is -2.21. The van der Waals surface area contributed by atoms with E-state index in [0.717, 1.165) is 21.3 Å². The number of aryl methyl sites for hydroxylation is 1. The van der Waals surface area contributed by atoms with Gasteiger partial charge in [0, 0.05) is 17.2 Å². The average molecular weight is 447 g/mol. The Kier molecular flexibility index (Phi) is 5.07. The lowest BCUT2D eigenvalue weighted by atomic mass is 10.0. The third kappa shape index (κ3) is 3.49. The summed E-state index contributed by atoms with van der Waals surface area (Å²) in [6.07, 6.45) is 0. The van der Waals surface area contributed by atoms with Gasteiger partial charge in [-0.15, -0.1) is 0 Å². The third-order valence-electron chi connectivity index (χ3n) is 4.96. The lowest BCUT2D eigenvalue weighted by molar-refractivity contribution is -0.120. The van der Waals surface area contributed by atoms with E-state index in [9.17, 15) is 9.59 Å². The van der Waals surface area contributed by atoms with Crippen LogP contribution in [0.4, 0.5) is 11.4 Å². The molecule has 1 heterocycles. The predicted molar refractivity (Wildman–Crippen MR) is 120 cm³/mol. The number of para-hydroxylation sites is 1. The van der Waals surface area contributed by atoms with Gasteiger partial charge in [-0.2, -0.15) is 0 Å². The summed E-state index contributed by atoms with van der Waals surface area (Å²) in [5, 5.41) is 0. The van der Waals surface area contributed by atoms with Crippen LogP contribution in [0.15, 0.2) is 89.0 Å². The van der Waals surface area contributed by atoms with Crippen molar-refractivity contribution in [2.75, 3.05) is 16.8 Å². The molecule has 0 spiro atoms. The SMILES string of the molecule is Cc1ccc(C2=C(N(C)c3ccccc3)C(=O)N(c3ccc(Br)cc3)C2=O)cc1. The van der Waals surface area contributed by atoms with Crippen LogP contribution in [0.1, 0.15) is 11.1 Å². The van der Waals surface area contributed by atoms with Crippen LogP contribution < -0.4 is 9.80 Å². The van der Waals surface area contributed by atoms with Crippen LogP contribution in [0.3, 0.4) is 0 Å². The average Bonchev–Trinajstić information content (AvgIpc) is 3.00. The molecule has 0 fully saturated rings. The maximum absolute atomic E-state index is 13.5. The molecule has 0 aliphatic carbocycles. The van der Waals surface area contributed by atoms with E-state index in [1.165, 1.54) is 4.90 Å². The highest BCUT2D eigenvalue weighted by Gasteiger charge is 2.42. The van der Waals surface area contributed by atoms with Gasteiger partial charge >= 0.3 is 0 Å². The van der Waals surface area contributed by atoms with Crippen molar-refractivity contribution in [2.24, 2.45) is 0 Å². The van der Waals surface area contributed by atoms with E-state index in [2.05, 4.69) is 15.9 Å². The van der Waals surface area contributed by atoms with E-state index in [1.54, 1.807) is 17.0 Å². The Morgan fingerprint density at radius 3 is 2.03 bits per heavy atom. The molecule has 144 valence electrons. The van der Waals surface area contributed by atoms with Gasteiger partial charge < -0.3 is 4.90 Å². The van der Waals surface area contributed by atoms with Crippen LogP contribution in [0.5, 0.6) is 0 Å². The van der Waals surface area contributed by atoms with Crippen LogP contribution in [-0.4, -0.2) is 18.9 Å². The minimum absolute atomic E-state index is 0.320. The molecule has 0 N–H and O–H groups in total. The van der Waals surface area contributed by atoms with Crippen LogP contribution in [-0.2, 0) is 9.59 Å². The monoisotopic (exact) mass is 446 g/mol. The summed E-state index contributed by atoms with van der Waals surface area (Å²) in [6.45, 7) is 1.99. The standard InChI is InChI=1S/C24H19BrN2O2/c1-16-8-10-17(11-9-16)21-22(26(2)19-6-4-3-5-7-19)24(29)27(23(21)28)20-14-12-18(25)13-15-20/h3-15H,1-2H3. The number of anilines is 2. The zero-order chi connectivity index (χ0) is 20.5. The summed E-state index contributed by atoms with van der Waals surface area (Å²) < 4.78 is 0.883. The molecule has 3 aromatic rings. The molecule has 0 saturated heterocycles. The molecule has 0 radical (unpaired) electrons. The van der Waals surface area contributed by atoms with Crippen molar-refractivity contribution in [2.45, 2.75) is 6.92 Å². The van der Waals surface area contributed by atoms with Gasteiger partial charge in [-0.25, -0.2) is 4.90 Å². The van der Waals surface area contributed by atoms with Crippen LogP contribution in [0, 0.1) is 6.92 Å². The van der Waals surface area contributed by atoms with Crippen molar-refractivity contribution in [3.63, 3.8) is 0 Å². The molecule has 0 bridgehead atoms. The fourth-order valence-corrected chi connectivity index (χ4v) is 3.68. The molecule has 0 unspecified atom stereocenters. The van der Waals surface area contributed by atoms with Crippen molar-refractivity contribution in [1.82, 2.24) is 0 Å². The number of likely N-dealkylation sites (N-methyl/N-ethyl adjacent to an activating group) is 1. The largest absolute Gasteiger partial charge is 0.339 e. The number of benzene rings is 3. The smallest absolute Gasteiger partial charge is 0.282 e. The van der Waals surface area contributed by atoms with Gasteiger partial charge in [0.25, 0.3) is 11.8 Å². The van der Waals surface area contributed by atoms with Crippen molar-refractivity contribution in [3.05, 3.63) is 100 Å². The number of carbonyl (C=O) groups is 2. The first-order valence-corrected chi connectivity index (χ1v) is 10.0. The first-order chi connectivity index (χ1) is 14.0. The molecule has 0 aromatic heterocycles. The fraction of sp³-hybridized carbons (Fsp3) is 0.0833. The summed E-state index contributed by atoms with van der Waals surface area (Å²) in [5.41, 5.74) is 3.98. The number of carbonyl (C=O) groups excluding carboxylic acids is 2. The highest BCUT2D eigenvalue weighted by Crippen LogP contribution is 2.36. The van der Waals surface area contributed by atoms with Gasteiger partial charge in [0.15, 0.2) is 0 Å². The van der Waals surface area contributed by atoms with Gasteiger partial charge in [0.05, 0.1) is 11.3 Å². The molecule has 4 nitrogen and oxygen atoms in total. The van der Waals surface area contributed by atoms with Gasteiger partial charge in [-0.3, -0.25) is 9.59 Å². The van der Waals surface area contributed by atoms with E-state index >= 15 is 0 Å². The summed E-state index contributed by atoms with van der Waals surface area (Å²) in [4.78, 5) is 29.9. The highest BCUT2D eigenvalue weighted by atomic mass is 79.9. The van der Waals surface area contributed by atoms with Crippen LogP contribution in [0.25, 0.3) is 5.57 Å². The van der Waals surface area contributed by atoms with Crippen LogP contribution in [0.2, 0.25) is 0 Å². The summed E-state index contributed by atoms with van der Waals surface area (Å²) in [7, 11) is 1.81. The first kappa shape index (κ1) is 19.2. The molecule has 1 aliphatic heterocycles. The number of amides is 2. The molecular formula is C24H19BrN2O2. The Balaban J connectivity index is 1.87. The second kappa shape index (κ2) is 7.68. The maximum atomic E-state index is 13.5. The topological polar surface area (TPSA) is 40.6 Å². The molecule has 29 heavy (non-hydrogen) atoms. The molecule has 1 aliphatic rings. The third-order valence-corrected chi connectivity index (χ3v) is 5.49. The number of hydrogen-bond acceptors (Lipinski definition) is 3. The Morgan fingerprint density at radius 1 is 0.793 bits per heavy atom. The van der Waals surface area contributed by atoms with E-state index < -0.39 is 0 Å². The van der Waals surface area contributed by atoms with Crippen molar-refractivity contribution >= 4 is 44.7 Å². The Hall–Kier alpha value is -3.18. The summed E-state index contributed by atoms with van der Waals surface area (Å²) in [5.74, 6) is -0.654.